The maximum atomic E-state index is 12.2. The van der Waals surface area contributed by atoms with Gasteiger partial charge in [-0.15, -0.1) is 0 Å². The predicted octanol–water partition coefficient (Wildman–Crippen LogP) is 3.90. The summed E-state index contributed by atoms with van der Waals surface area (Å²) < 4.78 is 7.34. The number of hydrogen-bond acceptors (Lipinski definition) is 4. The fourth-order valence-electron chi connectivity index (χ4n) is 3.12. The van der Waals surface area contributed by atoms with Gasteiger partial charge in [-0.1, -0.05) is 29.6 Å². The minimum Gasteiger partial charge on any atom is -0.455 e. The van der Waals surface area contributed by atoms with Gasteiger partial charge in [-0.25, -0.2) is 0 Å². The van der Waals surface area contributed by atoms with Crippen LogP contribution < -0.4 is 5.32 Å². The Morgan fingerprint density at radius 3 is 2.73 bits per heavy atom. The first-order chi connectivity index (χ1) is 12.5. The Morgan fingerprint density at radius 2 is 2.04 bits per heavy atom. The van der Waals surface area contributed by atoms with E-state index in [-0.39, 0.29) is 5.91 Å². The van der Waals surface area contributed by atoms with Crippen molar-refractivity contribution in [3.05, 3.63) is 39.5 Å². The second kappa shape index (κ2) is 8.93. The number of nitrogens with zero attached hydrogens (tertiary/aromatic N) is 3. The molecule has 0 unspecified atom stereocenters. The number of carbonyl (C=O) groups is 1. The second-order valence-electron chi connectivity index (χ2n) is 6.63. The van der Waals surface area contributed by atoms with Crippen molar-refractivity contribution in [2.75, 3.05) is 19.6 Å². The molecule has 0 atom stereocenters. The summed E-state index contributed by atoms with van der Waals surface area (Å²) in [6.07, 6.45) is 4.47. The molecule has 0 aromatic carbocycles. The van der Waals surface area contributed by atoms with E-state index in [9.17, 15) is 4.79 Å². The van der Waals surface area contributed by atoms with Gasteiger partial charge in [0.2, 0.25) is 0 Å². The zero-order valence-corrected chi connectivity index (χ0v) is 16.4. The highest BCUT2D eigenvalue weighted by molar-refractivity contribution is 6.41. The van der Waals surface area contributed by atoms with Crippen LogP contribution in [0.25, 0.3) is 0 Å². The van der Waals surface area contributed by atoms with Gasteiger partial charge in [-0.05, 0) is 51.4 Å². The molecular formula is C18H24Cl2N4O2. The highest BCUT2D eigenvalue weighted by Gasteiger charge is 2.15. The topological polar surface area (TPSA) is 63.3 Å². The predicted molar refractivity (Wildman–Crippen MR) is 102 cm³/mol. The smallest absolute Gasteiger partial charge is 0.286 e. The molecule has 1 fully saturated rings. The van der Waals surface area contributed by atoms with Gasteiger partial charge in [-0.3, -0.25) is 14.4 Å². The number of rotatable bonds is 7. The third kappa shape index (κ3) is 4.81. The Labute approximate surface area is 163 Å². The lowest BCUT2D eigenvalue weighted by Gasteiger charge is -2.25. The molecule has 6 nitrogen and oxygen atoms in total. The number of aryl methyl sites for hydroxylation is 2. The Kier molecular flexibility index (Phi) is 6.62. The summed E-state index contributed by atoms with van der Waals surface area (Å²) in [5, 5.41) is 8.04. The third-order valence-corrected chi connectivity index (χ3v) is 5.48. The highest BCUT2D eigenvalue weighted by Crippen LogP contribution is 2.24. The number of carbonyl (C=O) groups excluding carboxylic acids is 1. The molecule has 1 N–H and O–H groups in total. The van der Waals surface area contributed by atoms with E-state index in [1.54, 1.807) is 10.7 Å². The molecule has 1 amide bonds. The Hall–Kier alpha value is -1.50. The van der Waals surface area contributed by atoms with Crippen molar-refractivity contribution < 1.29 is 9.21 Å². The lowest BCUT2D eigenvalue weighted by Crippen LogP contribution is -2.29. The number of likely N-dealkylation sites (tertiary alicyclic amines) is 1. The fourth-order valence-corrected chi connectivity index (χ4v) is 3.51. The van der Waals surface area contributed by atoms with Crippen molar-refractivity contribution in [3.63, 3.8) is 0 Å². The molecule has 0 saturated carbocycles. The molecule has 3 rings (SSSR count). The van der Waals surface area contributed by atoms with Crippen molar-refractivity contribution in [2.24, 2.45) is 0 Å². The van der Waals surface area contributed by atoms with Crippen LogP contribution in [-0.2, 0) is 13.1 Å². The number of nitrogens with one attached hydrogen (secondary N) is 1. The zero-order chi connectivity index (χ0) is 18.5. The molecular weight excluding hydrogens is 375 g/mol. The molecule has 1 saturated heterocycles. The van der Waals surface area contributed by atoms with Crippen LogP contribution in [0.2, 0.25) is 10.2 Å². The third-order valence-electron chi connectivity index (χ3n) is 4.54. The van der Waals surface area contributed by atoms with E-state index in [2.05, 4.69) is 15.3 Å². The fraction of sp³-hybridized carbons (Fsp3) is 0.556. The summed E-state index contributed by atoms with van der Waals surface area (Å²) in [5.74, 6) is 0.995. The van der Waals surface area contributed by atoms with E-state index >= 15 is 0 Å². The van der Waals surface area contributed by atoms with Crippen molar-refractivity contribution in [1.82, 2.24) is 20.0 Å². The van der Waals surface area contributed by atoms with Crippen LogP contribution in [0, 0.1) is 6.92 Å². The van der Waals surface area contributed by atoms with Gasteiger partial charge in [0.05, 0.1) is 12.2 Å². The molecule has 142 valence electrons. The van der Waals surface area contributed by atoms with E-state index in [0.29, 0.717) is 41.1 Å². The van der Waals surface area contributed by atoms with Crippen LogP contribution in [0.1, 0.15) is 47.7 Å². The summed E-state index contributed by atoms with van der Waals surface area (Å²) in [4.78, 5) is 14.6. The second-order valence-corrected chi connectivity index (χ2v) is 7.36. The highest BCUT2D eigenvalue weighted by atomic mass is 35.5. The van der Waals surface area contributed by atoms with Crippen LogP contribution in [-0.4, -0.2) is 40.2 Å². The molecule has 0 radical (unpaired) electrons. The van der Waals surface area contributed by atoms with Crippen LogP contribution in [0.5, 0.6) is 0 Å². The molecule has 8 heteroatoms. The first kappa shape index (κ1) is 19.3. The molecule has 0 aliphatic carbocycles. The number of amides is 1. The minimum atomic E-state index is -0.198. The van der Waals surface area contributed by atoms with Gasteiger partial charge < -0.3 is 9.73 Å². The van der Waals surface area contributed by atoms with Crippen LogP contribution in [0.3, 0.4) is 0 Å². The Morgan fingerprint density at radius 1 is 1.27 bits per heavy atom. The summed E-state index contributed by atoms with van der Waals surface area (Å²) in [6.45, 7) is 5.87. The first-order valence-electron chi connectivity index (χ1n) is 9.02. The Bertz CT molecular complexity index is 750. The SMILES string of the molecule is Cc1nn(CCCNC(=O)c2ccc(CN3CCCCC3)o2)c(Cl)c1Cl. The van der Waals surface area contributed by atoms with Gasteiger partial charge in [0.1, 0.15) is 15.9 Å². The molecule has 0 spiro atoms. The Balaban J connectivity index is 1.42. The lowest BCUT2D eigenvalue weighted by molar-refractivity contribution is 0.0920. The lowest BCUT2D eigenvalue weighted by atomic mass is 10.1. The molecule has 2 aromatic heterocycles. The molecule has 1 aliphatic heterocycles. The van der Waals surface area contributed by atoms with Gasteiger partial charge in [0.25, 0.3) is 5.91 Å². The van der Waals surface area contributed by atoms with Gasteiger partial charge in [0, 0.05) is 13.1 Å². The maximum absolute atomic E-state index is 12.2. The average molecular weight is 399 g/mol. The molecule has 3 heterocycles. The molecule has 2 aromatic rings. The molecule has 1 aliphatic rings. The first-order valence-corrected chi connectivity index (χ1v) is 9.78. The van der Waals surface area contributed by atoms with E-state index in [1.807, 2.05) is 13.0 Å². The van der Waals surface area contributed by atoms with Crippen LogP contribution in [0.15, 0.2) is 16.5 Å². The summed E-state index contributed by atoms with van der Waals surface area (Å²) in [6, 6.07) is 3.62. The molecule has 0 bridgehead atoms. The number of piperidine rings is 1. The summed E-state index contributed by atoms with van der Waals surface area (Å²) in [5.41, 5.74) is 0.706. The van der Waals surface area contributed by atoms with E-state index in [1.165, 1.54) is 19.3 Å². The van der Waals surface area contributed by atoms with Gasteiger partial charge in [0.15, 0.2) is 5.76 Å². The molecule has 26 heavy (non-hydrogen) atoms. The van der Waals surface area contributed by atoms with Crippen molar-refractivity contribution in [1.29, 1.82) is 0 Å². The number of halogens is 2. The van der Waals surface area contributed by atoms with Crippen molar-refractivity contribution in [3.8, 4) is 0 Å². The van der Waals surface area contributed by atoms with Crippen LogP contribution >= 0.6 is 23.2 Å². The van der Waals surface area contributed by atoms with E-state index < -0.39 is 0 Å². The normalized spacial score (nSPS) is 15.3. The summed E-state index contributed by atoms with van der Waals surface area (Å²) >= 11 is 12.1. The minimum absolute atomic E-state index is 0.198. The summed E-state index contributed by atoms with van der Waals surface area (Å²) in [7, 11) is 0. The maximum Gasteiger partial charge on any atom is 0.286 e. The number of furan rings is 1. The quantitative estimate of drug-likeness (QED) is 0.718. The number of hydrogen-bond donors (Lipinski definition) is 1. The van der Waals surface area contributed by atoms with Crippen molar-refractivity contribution >= 4 is 29.1 Å². The van der Waals surface area contributed by atoms with E-state index in [0.717, 1.165) is 25.4 Å². The average Bonchev–Trinajstić information content (AvgIpc) is 3.20. The van der Waals surface area contributed by atoms with Gasteiger partial charge in [-0.2, -0.15) is 5.10 Å². The van der Waals surface area contributed by atoms with E-state index in [4.69, 9.17) is 27.6 Å². The van der Waals surface area contributed by atoms with Crippen LogP contribution in [0.4, 0.5) is 0 Å². The van der Waals surface area contributed by atoms with Crippen molar-refractivity contribution in [2.45, 2.75) is 45.7 Å². The largest absolute Gasteiger partial charge is 0.455 e. The monoisotopic (exact) mass is 398 g/mol. The van der Waals surface area contributed by atoms with Gasteiger partial charge >= 0.3 is 0 Å². The number of aromatic nitrogens is 2. The zero-order valence-electron chi connectivity index (χ0n) is 14.9. The standard InChI is InChI=1S/C18H24Cl2N4O2/c1-13-16(19)17(20)24(22-13)11-5-8-21-18(25)15-7-6-14(26-15)12-23-9-3-2-4-10-23/h6-7H,2-5,8-12H2,1H3,(H,21,25).